The van der Waals surface area contributed by atoms with Crippen LogP contribution in [0.4, 0.5) is 0 Å². The Bertz CT molecular complexity index is 1070. The zero-order valence-corrected chi connectivity index (χ0v) is 26.8. The van der Waals surface area contributed by atoms with Crippen LogP contribution in [0.1, 0.15) is 80.0 Å². The molecule has 0 saturated heterocycles. The molecule has 0 spiro atoms. The van der Waals surface area contributed by atoms with Crippen LogP contribution >= 0.6 is 49.6 Å². The topological polar surface area (TPSA) is 151 Å². The lowest BCUT2D eigenvalue weighted by Gasteiger charge is -2.32. The van der Waals surface area contributed by atoms with E-state index in [0.29, 0.717) is 72.0 Å². The SMILES string of the molecule is Cl.Cl.Cl.Cl.NCCCNCCCCN1C(=O)c2ccc3c4c(ccc(c24)C1=O)C(=O)N(CCCCNCCCN)C3=O. The highest BCUT2D eigenvalue weighted by molar-refractivity contribution is 6.33. The Morgan fingerprint density at radius 1 is 0.476 bits per heavy atom. The van der Waals surface area contributed by atoms with Crippen LogP contribution in [-0.4, -0.2) is 85.8 Å². The molecule has 4 rings (SSSR count). The Labute approximate surface area is 271 Å². The maximum atomic E-state index is 13.3. The van der Waals surface area contributed by atoms with Gasteiger partial charge in [0.1, 0.15) is 0 Å². The molecule has 2 aliphatic heterocycles. The van der Waals surface area contributed by atoms with Gasteiger partial charge in [-0.25, -0.2) is 0 Å². The molecular formula is C28H42Cl4N6O4. The number of hydrogen-bond donors (Lipinski definition) is 4. The van der Waals surface area contributed by atoms with Gasteiger partial charge in [0.05, 0.1) is 0 Å². The van der Waals surface area contributed by atoms with E-state index in [9.17, 15) is 19.2 Å². The van der Waals surface area contributed by atoms with Crippen LogP contribution in [0.2, 0.25) is 0 Å². The zero-order chi connectivity index (χ0) is 27.1. The van der Waals surface area contributed by atoms with E-state index in [-0.39, 0.29) is 73.3 Å². The first-order valence-corrected chi connectivity index (χ1v) is 13.6. The van der Waals surface area contributed by atoms with Gasteiger partial charge in [-0.1, -0.05) is 0 Å². The molecule has 0 saturated carbocycles. The first-order valence-electron chi connectivity index (χ1n) is 13.6. The summed E-state index contributed by atoms with van der Waals surface area (Å²) in [4.78, 5) is 55.9. The van der Waals surface area contributed by atoms with Crippen molar-refractivity contribution in [1.29, 1.82) is 0 Å². The van der Waals surface area contributed by atoms with Gasteiger partial charge in [-0.15, -0.1) is 49.6 Å². The number of rotatable bonds is 16. The van der Waals surface area contributed by atoms with E-state index >= 15 is 0 Å². The van der Waals surface area contributed by atoms with Crippen molar-refractivity contribution in [3.63, 3.8) is 0 Å². The normalized spacial score (nSPS) is 13.4. The molecule has 6 N–H and O–H groups in total. The van der Waals surface area contributed by atoms with Gasteiger partial charge < -0.3 is 22.1 Å². The minimum absolute atomic E-state index is 0. The molecule has 2 aromatic carbocycles. The fraction of sp³-hybridized carbons (Fsp3) is 0.500. The van der Waals surface area contributed by atoms with E-state index in [1.165, 1.54) is 9.80 Å². The maximum absolute atomic E-state index is 13.3. The van der Waals surface area contributed by atoms with E-state index in [0.717, 1.165) is 51.9 Å². The number of amides is 4. The van der Waals surface area contributed by atoms with E-state index in [2.05, 4.69) is 10.6 Å². The van der Waals surface area contributed by atoms with Crippen molar-refractivity contribution in [3.05, 3.63) is 46.5 Å². The zero-order valence-electron chi connectivity index (χ0n) is 23.5. The maximum Gasteiger partial charge on any atom is 0.261 e. The molecule has 0 aromatic heterocycles. The molecule has 10 nitrogen and oxygen atoms in total. The average Bonchev–Trinajstić information content (AvgIpc) is 2.92. The van der Waals surface area contributed by atoms with Crippen molar-refractivity contribution < 1.29 is 19.2 Å². The first-order chi connectivity index (χ1) is 18.5. The molecule has 2 heterocycles. The van der Waals surface area contributed by atoms with Gasteiger partial charge in [0, 0.05) is 46.1 Å². The highest BCUT2D eigenvalue weighted by atomic mass is 35.5. The number of hydrogen-bond acceptors (Lipinski definition) is 8. The lowest BCUT2D eigenvalue weighted by atomic mass is 9.86. The molecule has 14 heteroatoms. The summed E-state index contributed by atoms with van der Waals surface area (Å²) < 4.78 is 0. The summed E-state index contributed by atoms with van der Waals surface area (Å²) in [6.07, 6.45) is 4.81. The standard InChI is InChI=1S/C28H38N6O4.4ClH/c29-11-5-15-31-13-1-3-17-33-25(35)19-7-9-21-24-22(10-8-20(23(19)24)26(33)36)28(38)34(27(21)37)18-4-2-14-32-16-6-12-30;;;;/h7-10,31-32H,1-6,11-18,29-30H2;4*1H. The molecular weight excluding hydrogens is 626 g/mol. The summed E-state index contributed by atoms with van der Waals surface area (Å²) in [7, 11) is 0. The molecule has 0 fully saturated rings. The van der Waals surface area contributed by atoms with Gasteiger partial charge in [-0.3, -0.25) is 29.0 Å². The van der Waals surface area contributed by atoms with Crippen molar-refractivity contribution in [2.24, 2.45) is 11.5 Å². The monoisotopic (exact) mass is 666 g/mol. The lowest BCUT2D eigenvalue weighted by Crippen LogP contribution is -2.43. The summed E-state index contributed by atoms with van der Waals surface area (Å²) >= 11 is 0. The Morgan fingerprint density at radius 3 is 1.05 bits per heavy atom. The Kier molecular flexibility index (Phi) is 18.4. The highest BCUT2D eigenvalue weighted by Crippen LogP contribution is 2.37. The Hall–Kier alpha value is -2.02. The number of benzene rings is 2. The average molecular weight is 668 g/mol. The number of carbonyl (C=O) groups is 4. The second kappa shape index (κ2) is 19.3. The number of carbonyl (C=O) groups excluding carboxylic acids is 4. The minimum atomic E-state index is -0.383. The van der Waals surface area contributed by atoms with E-state index in [4.69, 9.17) is 11.5 Å². The molecule has 0 radical (unpaired) electrons. The predicted molar refractivity (Wildman–Crippen MR) is 175 cm³/mol. The number of halogens is 4. The Balaban J connectivity index is 0.00000420. The van der Waals surface area contributed by atoms with Crippen molar-refractivity contribution in [2.45, 2.75) is 38.5 Å². The van der Waals surface area contributed by atoms with Crippen molar-refractivity contribution in [2.75, 3.05) is 52.4 Å². The highest BCUT2D eigenvalue weighted by Gasteiger charge is 2.39. The molecule has 0 atom stereocenters. The quantitative estimate of drug-likeness (QED) is 0.158. The second-order valence-electron chi connectivity index (χ2n) is 9.79. The molecule has 236 valence electrons. The van der Waals surface area contributed by atoms with Crippen molar-refractivity contribution >= 4 is 84.0 Å². The number of nitrogens with two attached hydrogens (primary N) is 2. The van der Waals surface area contributed by atoms with Gasteiger partial charge in [-0.2, -0.15) is 0 Å². The third kappa shape index (κ3) is 8.54. The van der Waals surface area contributed by atoms with Crippen LogP contribution in [0.5, 0.6) is 0 Å². The van der Waals surface area contributed by atoms with Crippen LogP contribution in [0, 0.1) is 0 Å². The summed E-state index contributed by atoms with van der Waals surface area (Å²) in [5.74, 6) is -1.53. The number of imide groups is 2. The van der Waals surface area contributed by atoms with Gasteiger partial charge in [-0.05, 0) is 102 Å². The van der Waals surface area contributed by atoms with Gasteiger partial charge in [0.25, 0.3) is 23.6 Å². The predicted octanol–water partition coefficient (Wildman–Crippen LogP) is 3.16. The van der Waals surface area contributed by atoms with Crippen LogP contribution < -0.4 is 22.1 Å². The van der Waals surface area contributed by atoms with Gasteiger partial charge in [0.2, 0.25) is 0 Å². The Morgan fingerprint density at radius 2 is 0.762 bits per heavy atom. The minimum Gasteiger partial charge on any atom is -0.330 e. The third-order valence-corrected chi connectivity index (χ3v) is 7.15. The summed E-state index contributed by atoms with van der Waals surface area (Å²) in [6.45, 7) is 5.18. The van der Waals surface area contributed by atoms with Crippen molar-refractivity contribution in [3.8, 4) is 0 Å². The van der Waals surface area contributed by atoms with E-state index in [1.54, 1.807) is 24.3 Å². The van der Waals surface area contributed by atoms with Gasteiger partial charge >= 0.3 is 0 Å². The molecule has 2 aromatic rings. The smallest absolute Gasteiger partial charge is 0.261 e. The fourth-order valence-electron chi connectivity index (χ4n) is 5.12. The fourth-order valence-corrected chi connectivity index (χ4v) is 5.12. The van der Waals surface area contributed by atoms with Crippen LogP contribution in [0.15, 0.2) is 24.3 Å². The van der Waals surface area contributed by atoms with E-state index in [1.807, 2.05) is 0 Å². The van der Waals surface area contributed by atoms with Crippen LogP contribution in [0.25, 0.3) is 10.8 Å². The number of nitrogens with one attached hydrogen (secondary N) is 2. The van der Waals surface area contributed by atoms with Crippen molar-refractivity contribution in [1.82, 2.24) is 20.4 Å². The lowest BCUT2D eigenvalue weighted by molar-refractivity contribution is 0.0586. The molecule has 2 aliphatic rings. The summed E-state index contributed by atoms with van der Waals surface area (Å²) in [5, 5.41) is 7.43. The number of nitrogens with zero attached hydrogens (tertiary/aromatic N) is 2. The first kappa shape index (κ1) is 40.0. The molecule has 42 heavy (non-hydrogen) atoms. The molecule has 0 aliphatic carbocycles. The summed E-state index contributed by atoms with van der Waals surface area (Å²) in [5.41, 5.74) is 12.4. The van der Waals surface area contributed by atoms with Crippen LogP contribution in [0.3, 0.4) is 0 Å². The number of unbranched alkanes of at least 4 members (excludes halogenated alkanes) is 2. The second-order valence-corrected chi connectivity index (χ2v) is 9.79. The van der Waals surface area contributed by atoms with Gasteiger partial charge in [0.15, 0.2) is 0 Å². The largest absolute Gasteiger partial charge is 0.330 e. The molecule has 0 unspecified atom stereocenters. The molecule has 4 amide bonds. The summed E-state index contributed by atoms with van der Waals surface area (Å²) in [6, 6.07) is 6.48. The molecule has 0 bridgehead atoms. The van der Waals surface area contributed by atoms with E-state index < -0.39 is 0 Å². The third-order valence-electron chi connectivity index (χ3n) is 7.15. The van der Waals surface area contributed by atoms with Crippen LogP contribution in [-0.2, 0) is 0 Å².